The normalized spacial score (nSPS) is 16.0. The summed E-state index contributed by atoms with van der Waals surface area (Å²) < 4.78 is 0. The maximum Gasteiger partial charge on any atom is 0.317 e. The van der Waals surface area contributed by atoms with Crippen LogP contribution >= 0.6 is 0 Å². The van der Waals surface area contributed by atoms with Crippen molar-refractivity contribution >= 4 is 16.9 Å². The van der Waals surface area contributed by atoms with Gasteiger partial charge in [0, 0.05) is 49.8 Å². The summed E-state index contributed by atoms with van der Waals surface area (Å²) in [6, 6.07) is 8.35. The summed E-state index contributed by atoms with van der Waals surface area (Å²) in [6.45, 7) is 7.65. The summed E-state index contributed by atoms with van der Waals surface area (Å²) in [5.41, 5.74) is 2.41. The van der Waals surface area contributed by atoms with E-state index in [4.69, 9.17) is 0 Å². The predicted molar refractivity (Wildman–Crippen MR) is 93.7 cm³/mol. The number of hydrogen-bond acceptors (Lipinski definition) is 2. The average Bonchev–Trinajstić information content (AvgIpc) is 2.99. The molecule has 2 aromatic rings. The lowest BCUT2D eigenvalue weighted by atomic mass is 10.1. The molecule has 1 fully saturated rings. The number of rotatable bonds is 5. The Labute approximate surface area is 137 Å². The molecule has 5 nitrogen and oxygen atoms in total. The second-order valence-electron chi connectivity index (χ2n) is 6.17. The van der Waals surface area contributed by atoms with Gasteiger partial charge in [-0.15, -0.1) is 0 Å². The van der Waals surface area contributed by atoms with E-state index >= 15 is 0 Å². The zero-order valence-corrected chi connectivity index (χ0v) is 13.8. The van der Waals surface area contributed by atoms with Gasteiger partial charge in [0.2, 0.25) is 0 Å². The van der Waals surface area contributed by atoms with Crippen molar-refractivity contribution in [1.29, 1.82) is 0 Å². The molecule has 2 N–H and O–H groups in total. The van der Waals surface area contributed by atoms with Crippen molar-refractivity contribution in [3.8, 4) is 0 Å². The van der Waals surface area contributed by atoms with Crippen molar-refractivity contribution in [2.75, 3.05) is 39.3 Å². The number of nitrogens with one attached hydrogen (secondary N) is 2. The van der Waals surface area contributed by atoms with Crippen molar-refractivity contribution in [2.24, 2.45) is 0 Å². The number of aromatic amines is 1. The lowest BCUT2D eigenvalue weighted by Crippen LogP contribution is -2.52. The Kier molecular flexibility index (Phi) is 5.18. The lowest BCUT2D eigenvalue weighted by Gasteiger charge is -2.34. The highest BCUT2D eigenvalue weighted by Gasteiger charge is 2.20. The van der Waals surface area contributed by atoms with Crippen LogP contribution in [-0.4, -0.2) is 60.1 Å². The molecular weight excluding hydrogens is 288 g/mol. The Bertz CT molecular complexity index is 643. The Morgan fingerprint density at radius 3 is 2.78 bits per heavy atom. The molecule has 3 rings (SSSR count). The van der Waals surface area contributed by atoms with Crippen LogP contribution in [0.1, 0.15) is 18.9 Å². The summed E-state index contributed by atoms with van der Waals surface area (Å²) in [6.07, 6.45) is 4.07. The van der Waals surface area contributed by atoms with Gasteiger partial charge in [-0.3, -0.25) is 4.90 Å². The van der Waals surface area contributed by atoms with Gasteiger partial charge in [0.1, 0.15) is 0 Å². The number of benzene rings is 1. The third kappa shape index (κ3) is 3.85. The van der Waals surface area contributed by atoms with Crippen LogP contribution < -0.4 is 5.32 Å². The van der Waals surface area contributed by atoms with Crippen molar-refractivity contribution < 1.29 is 4.79 Å². The maximum absolute atomic E-state index is 12.2. The summed E-state index contributed by atoms with van der Waals surface area (Å²) in [7, 11) is 0. The highest BCUT2D eigenvalue weighted by atomic mass is 16.2. The summed E-state index contributed by atoms with van der Waals surface area (Å²) in [4.78, 5) is 19.9. The molecule has 23 heavy (non-hydrogen) atoms. The second-order valence-corrected chi connectivity index (χ2v) is 6.17. The van der Waals surface area contributed by atoms with Gasteiger partial charge in [-0.05, 0) is 31.0 Å². The number of H-pyrrole nitrogens is 1. The molecule has 0 bridgehead atoms. The first-order chi connectivity index (χ1) is 11.3. The number of carbonyl (C=O) groups is 1. The molecule has 1 aliphatic rings. The minimum Gasteiger partial charge on any atom is -0.361 e. The zero-order chi connectivity index (χ0) is 16.1. The largest absolute Gasteiger partial charge is 0.361 e. The number of nitrogens with zero attached hydrogens (tertiary/aromatic N) is 2. The fourth-order valence-corrected chi connectivity index (χ4v) is 3.25. The van der Waals surface area contributed by atoms with E-state index in [0.29, 0.717) is 6.54 Å². The van der Waals surface area contributed by atoms with Crippen LogP contribution in [-0.2, 0) is 6.42 Å². The maximum atomic E-state index is 12.2. The molecule has 2 amide bonds. The molecule has 1 saturated heterocycles. The van der Waals surface area contributed by atoms with Crippen molar-refractivity contribution in [1.82, 2.24) is 20.1 Å². The minimum atomic E-state index is 0.0704. The average molecular weight is 314 g/mol. The number of amides is 2. The number of piperazine rings is 1. The van der Waals surface area contributed by atoms with Crippen LogP contribution in [0.3, 0.4) is 0 Å². The fraction of sp³-hybridized carbons (Fsp3) is 0.500. The Hall–Kier alpha value is -2.01. The SMILES string of the molecule is CCCN1CCN(C(=O)NCCc2c[nH]c3ccccc23)CC1. The highest BCUT2D eigenvalue weighted by molar-refractivity contribution is 5.83. The van der Waals surface area contributed by atoms with Crippen LogP contribution in [0.25, 0.3) is 10.9 Å². The van der Waals surface area contributed by atoms with Crippen LogP contribution in [0.2, 0.25) is 0 Å². The molecule has 0 aliphatic carbocycles. The summed E-state index contributed by atoms with van der Waals surface area (Å²) >= 11 is 0. The first kappa shape index (κ1) is 15.9. The van der Waals surface area contributed by atoms with Gasteiger partial charge in [-0.25, -0.2) is 4.79 Å². The molecule has 0 atom stereocenters. The van der Waals surface area contributed by atoms with E-state index in [0.717, 1.165) is 44.7 Å². The number of urea groups is 1. The number of carbonyl (C=O) groups excluding carboxylic acids is 1. The molecular formula is C18H26N4O. The number of fused-ring (bicyclic) bond motifs is 1. The second kappa shape index (κ2) is 7.51. The van der Waals surface area contributed by atoms with Gasteiger partial charge in [0.15, 0.2) is 0 Å². The van der Waals surface area contributed by atoms with Crippen molar-refractivity contribution in [2.45, 2.75) is 19.8 Å². The smallest absolute Gasteiger partial charge is 0.317 e. The number of aromatic nitrogens is 1. The standard InChI is InChI=1S/C18H26N4O/c1-2-9-21-10-12-22(13-11-21)18(23)19-8-7-15-14-20-17-6-4-3-5-16(15)17/h3-6,14,20H,2,7-13H2,1H3,(H,19,23). The van der Waals surface area contributed by atoms with E-state index in [9.17, 15) is 4.79 Å². The topological polar surface area (TPSA) is 51.4 Å². The number of hydrogen-bond donors (Lipinski definition) is 2. The van der Waals surface area contributed by atoms with Crippen molar-refractivity contribution in [3.63, 3.8) is 0 Å². The Morgan fingerprint density at radius 2 is 2.00 bits per heavy atom. The van der Waals surface area contributed by atoms with Crippen LogP contribution in [0, 0.1) is 0 Å². The molecule has 1 aromatic carbocycles. The third-order valence-electron chi connectivity index (χ3n) is 4.54. The quantitative estimate of drug-likeness (QED) is 0.890. The highest BCUT2D eigenvalue weighted by Crippen LogP contribution is 2.17. The van der Waals surface area contributed by atoms with Crippen LogP contribution in [0.15, 0.2) is 30.5 Å². The monoisotopic (exact) mass is 314 g/mol. The minimum absolute atomic E-state index is 0.0704. The van der Waals surface area contributed by atoms with Gasteiger partial charge in [-0.2, -0.15) is 0 Å². The molecule has 1 aliphatic heterocycles. The van der Waals surface area contributed by atoms with E-state index in [1.54, 1.807) is 0 Å². The Balaban J connectivity index is 1.45. The molecule has 2 heterocycles. The van der Waals surface area contributed by atoms with Gasteiger partial charge >= 0.3 is 6.03 Å². The van der Waals surface area contributed by atoms with E-state index in [1.165, 1.54) is 17.4 Å². The van der Waals surface area contributed by atoms with Gasteiger partial charge in [0.25, 0.3) is 0 Å². The first-order valence-electron chi connectivity index (χ1n) is 8.58. The lowest BCUT2D eigenvalue weighted by molar-refractivity contribution is 0.139. The summed E-state index contributed by atoms with van der Waals surface area (Å²) in [5.74, 6) is 0. The molecule has 5 heteroatoms. The van der Waals surface area contributed by atoms with Gasteiger partial charge in [0.05, 0.1) is 0 Å². The predicted octanol–water partition coefficient (Wildman–Crippen LogP) is 2.45. The third-order valence-corrected chi connectivity index (χ3v) is 4.54. The van der Waals surface area contributed by atoms with Crippen molar-refractivity contribution in [3.05, 3.63) is 36.0 Å². The molecule has 0 spiro atoms. The zero-order valence-electron chi connectivity index (χ0n) is 13.8. The summed E-state index contributed by atoms with van der Waals surface area (Å²) in [5, 5.41) is 4.30. The molecule has 124 valence electrons. The van der Waals surface area contributed by atoms with Crippen LogP contribution in [0.5, 0.6) is 0 Å². The van der Waals surface area contributed by atoms with E-state index < -0.39 is 0 Å². The van der Waals surface area contributed by atoms with Gasteiger partial charge in [-0.1, -0.05) is 25.1 Å². The first-order valence-corrected chi connectivity index (χ1v) is 8.58. The van der Waals surface area contributed by atoms with Gasteiger partial charge < -0.3 is 15.2 Å². The fourth-order valence-electron chi connectivity index (χ4n) is 3.25. The molecule has 1 aromatic heterocycles. The van der Waals surface area contributed by atoms with E-state index in [1.807, 2.05) is 23.2 Å². The Morgan fingerprint density at radius 1 is 1.22 bits per heavy atom. The molecule has 0 saturated carbocycles. The number of para-hydroxylation sites is 1. The van der Waals surface area contributed by atoms with E-state index in [2.05, 4.69) is 34.3 Å². The molecule has 0 radical (unpaired) electrons. The van der Waals surface area contributed by atoms with Crippen LogP contribution in [0.4, 0.5) is 4.79 Å². The van der Waals surface area contributed by atoms with E-state index in [-0.39, 0.29) is 6.03 Å². The molecule has 0 unspecified atom stereocenters.